The quantitative estimate of drug-likeness (QED) is 0.565. The molecule has 10 heteroatoms. The number of hydrogen-bond donors (Lipinski definition) is 1. The summed E-state index contributed by atoms with van der Waals surface area (Å²) in [6.45, 7) is 2.20. The fourth-order valence-electron chi connectivity index (χ4n) is 4.17. The van der Waals surface area contributed by atoms with Crippen LogP contribution in [-0.2, 0) is 14.8 Å². The van der Waals surface area contributed by atoms with Gasteiger partial charge in [-0.3, -0.25) is 4.79 Å². The van der Waals surface area contributed by atoms with Crippen LogP contribution in [0.1, 0.15) is 43.1 Å². The number of anilines is 1. The van der Waals surface area contributed by atoms with E-state index in [9.17, 15) is 17.6 Å². The number of rotatable bonds is 6. The fourth-order valence-corrected chi connectivity index (χ4v) is 5.89. The van der Waals surface area contributed by atoms with Gasteiger partial charge in [-0.1, -0.05) is 23.4 Å². The second-order valence-corrected chi connectivity index (χ2v) is 10.8. The highest BCUT2D eigenvalue weighted by molar-refractivity contribution is 7.89. The van der Waals surface area contributed by atoms with Gasteiger partial charge >= 0.3 is 0 Å². The molecule has 1 saturated carbocycles. The van der Waals surface area contributed by atoms with Crippen molar-refractivity contribution in [3.05, 3.63) is 59.7 Å². The summed E-state index contributed by atoms with van der Waals surface area (Å²) >= 11 is 0. The molecule has 2 fully saturated rings. The van der Waals surface area contributed by atoms with Gasteiger partial charge in [0.2, 0.25) is 27.6 Å². The number of benzene rings is 2. The molecule has 2 heterocycles. The normalized spacial score (nSPS) is 17.6. The number of piperidine rings is 1. The number of hydrogen-bond acceptors (Lipinski definition) is 6. The molecule has 2 aliphatic rings. The molecule has 0 bridgehead atoms. The van der Waals surface area contributed by atoms with Gasteiger partial charge in [0.1, 0.15) is 5.82 Å². The number of amides is 1. The number of carbonyl (C=O) groups excluding carboxylic acids is 1. The van der Waals surface area contributed by atoms with Gasteiger partial charge in [-0.25, -0.2) is 12.8 Å². The van der Waals surface area contributed by atoms with Crippen molar-refractivity contribution in [1.82, 2.24) is 14.4 Å². The number of halogens is 1. The molecule has 1 aliphatic heterocycles. The van der Waals surface area contributed by atoms with Crippen LogP contribution in [0.2, 0.25) is 0 Å². The zero-order valence-electron chi connectivity index (χ0n) is 18.7. The van der Waals surface area contributed by atoms with Crippen LogP contribution in [0.4, 0.5) is 10.1 Å². The highest BCUT2D eigenvalue weighted by Crippen LogP contribution is 2.39. The lowest BCUT2D eigenvalue weighted by atomic mass is 9.97. The van der Waals surface area contributed by atoms with E-state index in [0.29, 0.717) is 47.3 Å². The summed E-state index contributed by atoms with van der Waals surface area (Å²) in [5.74, 6) is 0.284. The Labute approximate surface area is 197 Å². The first kappa shape index (κ1) is 22.7. The zero-order valence-corrected chi connectivity index (χ0v) is 19.5. The van der Waals surface area contributed by atoms with E-state index in [4.69, 9.17) is 4.52 Å². The zero-order chi connectivity index (χ0) is 23.9. The maximum atomic E-state index is 13.4. The second-order valence-electron chi connectivity index (χ2n) is 8.89. The first-order valence-corrected chi connectivity index (χ1v) is 12.8. The van der Waals surface area contributed by atoms with E-state index in [1.807, 2.05) is 0 Å². The number of carbonyl (C=O) groups is 1. The number of sulfonamides is 1. The molecule has 1 N–H and O–H groups in total. The van der Waals surface area contributed by atoms with Crippen LogP contribution >= 0.6 is 0 Å². The lowest BCUT2D eigenvalue weighted by Gasteiger charge is -2.31. The van der Waals surface area contributed by atoms with Crippen molar-refractivity contribution in [2.75, 3.05) is 18.4 Å². The average molecular weight is 485 g/mol. The Kier molecular flexibility index (Phi) is 5.95. The third-order valence-corrected chi connectivity index (χ3v) is 8.39. The van der Waals surface area contributed by atoms with Crippen LogP contribution in [0.15, 0.2) is 51.9 Å². The van der Waals surface area contributed by atoms with Crippen molar-refractivity contribution < 1.29 is 22.1 Å². The summed E-state index contributed by atoms with van der Waals surface area (Å²) in [5, 5.41) is 6.74. The second kappa shape index (κ2) is 8.92. The lowest BCUT2D eigenvalue weighted by Crippen LogP contribution is -2.41. The molecule has 0 spiro atoms. The SMILES string of the molecule is Cc1ccc(-c2noc(C3CC3)n2)cc1S(=O)(=O)N1CCC(C(=O)Nc2cccc(F)c2)CC1. The van der Waals surface area contributed by atoms with Gasteiger partial charge in [0.25, 0.3) is 0 Å². The van der Waals surface area contributed by atoms with Crippen LogP contribution < -0.4 is 5.32 Å². The molecule has 0 unspecified atom stereocenters. The number of nitrogens with one attached hydrogen (secondary N) is 1. The van der Waals surface area contributed by atoms with E-state index < -0.39 is 15.8 Å². The topological polar surface area (TPSA) is 105 Å². The average Bonchev–Trinajstić information content (AvgIpc) is 3.56. The molecule has 34 heavy (non-hydrogen) atoms. The summed E-state index contributed by atoms with van der Waals surface area (Å²) in [6, 6.07) is 10.8. The largest absolute Gasteiger partial charge is 0.339 e. The molecular weight excluding hydrogens is 459 g/mol. The van der Waals surface area contributed by atoms with Gasteiger partial charge in [-0.2, -0.15) is 9.29 Å². The monoisotopic (exact) mass is 484 g/mol. The molecule has 2 aromatic carbocycles. The van der Waals surface area contributed by atoms with Crippen LogP contribution in [0.25, 0.3) is 11.4 Å². The predicted octanol–water partition coefficient (Wildman–Crippen LogP) is 4.10. The highest BCUT2D eigenvalue weighted by atomic mass is 32.2. The Morgan fingerprint density at radius 3 is 2.59 bits per heavy atom. The summed E-state index contributed by atoms with van der Waals surface area (Å²) in [5.41, 5.74) is 1.60. The minimum Gasteiger partial charge on any atom is -0.339 e. The molecule has 1 saturated heterocycles. The van der Waals surface area contributed by atoms with E-state index in [2.05, 4.69) is 15.5 Å². The number of aryl methyl sites for hydroxylation is 1. The van der Waals surface area contributed by atoms with Gasteiger partial charge < -0.3 is 9.84 Å². The molecule has 0 atom stereocenters. The first-order chi connectivity index (χ1) is 16.3. The highest BCUT2D eigenvalue weighted by Gasteiger charge is 2.34. The predicted molar refractivity (Wildman–Crippen MR) is 123 cm³/mol. The Bertz CT molecular complexity index is 1330. The van der Waals surface area contributed by atoms with Gasteiger partial charge in [0, 0.05) is 36.2 Å². The molecule has 1 aromatic heterocycles. The third-order valence-electron chi connectivity index (χ3n) is 6.35. The summed E-state index contributed by atoms with van der Waals surface area (Å²) < 4.78 is 47.0. The Morgan fingerprint density at radius 1 is 1.12 bits per heavy atom. The van der Waals surface area contributed by atoms with E-state index in [-0.39, 0.29) is 29.8 Å². The number of aromatic nitrogens is 2. The maximum Gasteiger partial charge on any atom is 0.243 e. The Hall–Kier alpha value is -3.11. The summed E-state index contributed by atoms with van der Waals surface area (Å²) in [6.07, 6.45) is 2.83. The van der Waals surface area contributed by atoms with Gasteiger partial charge in [-0.05, 0) is 62.4 Å². The minimum absolute atomic E-state index is 0.199. The molecule has 1 aliphatic carbocycles. The Balaban J connectivity index is 1.28. The first-order valence-electron chi connectivity index (χ1n) is 11.3. The van der Waals surface area contributed by atoms with Gasteiger partial charge in [-0.15, -0.1) is 0 Å². The lowest BCUT2D eigenvalue weighted by molar-refractivity contribution is -0.120. The summed E-state index contributed by atoms with van der Waals surface area (Å²) in [4.78, 5) is 17.2. The van der Waals surface area contributed by atoms with E-state index in [0.717, 1.165) is 12.8 Å². The van der Waals surface area contributed by atoms with Crippen molar-refractivity contribution >= 4 is 21.6 Å². The molecular formula is C24H25FN4O4S. The fraction of sp³-hybridized carbons (Fsp3) is 0.375. The summed E-state index contributed by atoms with van der Waals surface area (Å²) in [7, 11) is -3.77. The molecule has 0 radical (unpaired) electrons. The third kappa shape index (κ3) is 4.60. The van der Waals surface area contributed by atoms with Crippen LogP contribution in [-0.4, -0.2) is 41.9 Å². The molecule has 3 aromatic rings. The van der Waals surface area contributed by atoms with Crippen molar-refractivity contribution in [3.63, 3.8) is 0 Å². The van der Waals surface area contributed by atoms with Crippen LogP contribution in [0, 0.1) is 18.7 Å². The molecule has 1 amide bonds. The van der Waals surface area contributed by atoms with E-state index in [1.54, 1.807) is 31.2 Å². The molecule has 8 nitrogen and oxygen atoms in total. The minimum atomic E-state index is -3.77. The maximum absolute atomic E-state index is 13.4. The van der Waals surface area contributed by atoms with Crippen molar-refractivity contribution in [2.45, 2.75) is 43.4 Å². The van der Waals surface area contributed by atoms with E-state index in [1.165, 1.54) is 22.5 Å². The smallest absolute Gasteiger partial charge is 0.243 e. The number of nitrogens with zero attached hydrogens (tertiary/aromatic N) is 3. The van der Waals surface area contributed by atoms with Crippen molar-refractivity contribution in [1.29, 1.82) is 0 Å². The van der Waals surface area contributed by atoms with Gasteiger partial charge in [0.15, 0.2) is 0 Å². The molecule has 178 valence electrons. The van der Waals surface area contributed by atoms with Crippen LogP contribution in [0.3, 0.4) is 0 Å². The van der Waals surface area contributed by atoms with E-state index >= 15 is 0 Å². The standard InChI is InChI=1S/C24H25FN4O4S/c1-15-5-6-18(22-27-24(33-28-22)17-7-8-17)13-21(15)34(31,32)29-11-9-16(10-12-29)23(30)26-20-4-2-3-19(25)14-20/h2-6,13-14,16-17H,7-12H2,1H3,(H,26,30). The Morgan fingerprint density at radius 2 is 1.88 bits per heavy atom. The van der Waals surface area contributed by atoms with Crippen LogP contribution in [0.5, 0.6) is 0 Å². The van der Waals surface area contributed by atoms with Crippen molar-refractivity contribution in [3.8, 4) is 11.4 Å². The van der Waals surface area contributed by atoms with Crippen molar-refractivity contribution in [2.24, 2.45) is 5.92 Å². The molecule has 5 rings (SSSR count). The van der Waals surface area contributed by atoms with Gasteiger partial charge in [0.05, 0.1) is 4.90 Å².